The Bertz CT molecular complexity index is 657. The highest BCUT2D eigenvalue weighted by molar-refractivity contribution is 9.10. The van der Waals surface area contributed by atoms with Gasteiger partial charge in [0.05, 0.1) is 0 Å². The van der Waals surface area contributed by atoms with E-state index in [0.717, 1.165) is 35.4 Å². The summed E-state index contributed by atoms with van der Waals surface area (Å²) >= 11 is 3.48. The second-order valence-electron chi connectivity index (χ2n) is 5.18. The average molecular weight is 345 g/mol. The molecule has 4 heteroatoms. The first kappa shape index (κ1) is 14.1. The van der Waals surface area contributed by atoms with E-state index in [1.165, 1.54) is 5.56 Å². The van der Waals surface area contributed by atoms with Crippen LogP contribution in [0.1, 0.15) is 18.4 Å². The Labute approximate surface area is 133 Å². The number of nitrogens with zero attached hydrogens (tertiary/aromatic N) is 1. The predicted molar refractivity (Wildman–Crippen MR) is 89.5 cm³/mol. The Kier molecular flexibility index (Phi) is 4.25. The Morgan fingerprint density at radius 2 is 2.00 bits per heavy atom. The summed E-state index contributed by atoms with van der Waals surface area (Å²) in [5, 5.41) is 3.41. The predicted octanol–water partition coefficient (Wildman–Crippen LogP) is 4.19. The molecule has 21 heavy (non-hydrogen) atoms. The lowest BCUT2D eigenvalue weighted by molar-refractivity contribution is -0.117. The van der Waals surface area contributed by atoms with Crippen LogP contribution in [0.2, 0.25) is 0 Å². The number of hydrogen-bond donors (Lipinski definition) is 1. The maximum Gasteiger partial charge on any atom is 0.227 e. The fourth-order valence-corrected chi connectivity index (χ4v) is 3.00. The summed E-state index contributed by atoms with van der Waals surface area (Å²) in [5.41, 5.74) is 3.23. The van der Waals surface area contributed by atoms with Crippen LogP contribution in [0.5, 0.6) is 0 Å². The van der Waals surface area contributed by atoms with Crippen LogP contribution >= 0.6 is 15.9 Å². The summed E-state index contributed by atoms with van der Waals surface area (Å²) in [6, 6.07) is 16.3. The molecule has 1 saturated heterocycles. The number of carbonyl (C=O) groups is 1. The van der Waals surface area contributed by atoms with Crippen LogP contribution in [0.4, 0.5) is 11.4 Å². The number of amides is 1. The molecule has 0 bridgehead atoms. The molecule has 0 spiro atoms. The topological polar surface area (TPSA) is 32.3 Å². The van der Waals surface area contributed by atoms with Crippen LogP contribution in [0.3, 0.4) is 0 Å². The minimum atomic E-state index is 0.221. The van der Waals surface area contributed by atoms with Gasteiger partial charge in [-0.25, -0.2) is 0 Å². The van der Waals surface area contributed by atoms with Crippen molar-refractivity contribution >= 4 is 33.2 Å². The molecule has 1 heterocycles. The molecule has 3 nitrogen and oxygen atoms in total. The van der Waals surface area contributed by atoms with E-state index in [2.05, 4.69) is 33.4 Å². The number of hydrogen-bond acceptors (Lipinski definition) is 2. The van der Waals surface area contributed by atoms with Crippen LogP contribution in [0.25, 0.3) is 0 Å². The molecule has 1 aliphatic heterocycles. The number of carbonyl (C=O) groups excluding carboxylic acids is 1. The highest BCUT2D eigenvalue weighted by Gasteiger charge is 2.21. The highest BCUT2D eigenvalue weighted by Crippen LogP contribution is 2.24. The van der Waals surface area contributed by atoms with Gasteiger partial charge in [-0.2, -0.15) is 0 Å². The fourth-order valence-electron chi connectivity index (χ4n) is 2.56. The molecule has 0 aliphatic carbocycles. The minimum Gasteiger partial charge on any atom is -0.381 e. The summed E-state index contributed by atoms with van der Waals surface area (Å²) in [6.07, 6.45) is 1.62. The highest BCUT2D eigenvalue weighted by atomic mass is 79.9. The van der Waals surface area contributed by atoms with Crippen molar-refractivity contribution in [2.45, 2.75) is 19.4 Å². The zero-order valence-electron chi connectivity index (χ0n) is 11.7. The number of benzene rings is 2. The number of nitrogens with one attached hydrogen (secondary N) is 1. The van der Waals surface area contributed by atoms with Gasteiger partial charge >= 0.3 is 0 Å². The minimum absolute atomic E-state index is 0.221. The second kappa shape index (κ2) is 6.31. The van der Waals surface area contributed by atoms with Crippen molar-refractivity contribution in [3.05, 3.63) is 58.6 Å². The van der Waals surface area contributed by atoms with E-state index in [0.29, 0.717) is 6.42 Å². The van der Waals surface area contributed by atoms with Gasteiger partial charge in [0, 0.05) is 35.4 Å². The smallest absolute Gasteiger partial charge is 0.227 e. The maximum absolute atomic E-state index is 11.8. The number of anilines is 2. The summed E-state index contributed by atoms with van der Waals surface area (Å²) in [4.78, 5) is 13.7. The van der Waals surface area contributed by atoms with Gasteiger partial charge in [-0.1, -0.05) is 34.1 Å². The van der Waals surface area contributed by atoms with E-state index < -0.39 is 0 Å². The Morgan fingerprint density at radius 3 is 2.76 bits per heavy atom. The van der Waals surface area contributed by atoms with Gasteiger partial charge in [-0.05, 0) is 42.3 Å². The van der Waals surface area contributed by atoms with E-state index >= 15 is 0 Å². The lowest BCUT2D eigenvalue weighted by Gasteiger charge is -2.17. The Hall–Kier alpha value is -1.81. The third-order valence-electron chi connectivity index (χ3n) is 3.62. The van der Waals surface area contributed by atoms with Crippen molar-refractivity contribution in [1.29, 1.82) is 0 Å². The van der Waals surface area contributed by atoms with Crippen molar-refractivity contribution in [2.24, 2.45) is 0 Å². The summed E-state index contributed by atoms with van der Waals surface area (Å²) in [7, 11) is 0. The summed E-state index contributed by atoms with van der Waals surface area (Å²) in [5.74, 6) is 0.221. The SMILES string of the molecule is O=C1CCCN1c1cccc(NCc2cccc(Br)c2)c1. The molecule has 0 radical (unpaired) electrons. The van der Waals surface area contributed by atoms with Crippen LogP contribution in [0, 0.1) is 0 Å². The van der Waals surface area contributed by atoms with Gasteiger partial charge in [0.15, 0.2) is 0 Å². The standard InChI is InChI=1S/C17H17BrN2O/c18-14-5-1-4-13(10-14)12-19-15-6-2-7-16(11-15)20-9-3-8-17(20)21/h1-2,4-7,10-11,19H,3,8-9,12H2. The van der Waals surface area contributed by atoms with Gasteiger partial charge in [-0.15, -0.1) is 0 Å². The molecular weight excluding hydrogens is 328 g/mol. The molecule has 0 unspecified atom stereocenters. The third-order valence-corrected chi connectivity index (χ3v) is 4.11. The van der Waals surface area contributed by atoms with Crippen LogP contribution in [-0.4, -0.2) is 12.5 Å². The maximum atomic E-state index is 11.8. The average Bonchev–Trinajstić information content (AvgIpc) is 2.92. The molecule has 1 amide bonds. The molecule has 1 fully saturated rings. The Balaban J connectivity index is 1.70. The van der Waals surface area contributed by atoms with E-state index in [1.54, 1.807) is 0 Å². The van der Waals surface area contributed by atoms with Gasteiger partial charge < -0.3 is 10.2 Å². The first-order valence-electron chi connectivity index (χ1n) is 7.11. The van der Waals surface area contributed by atoms with E-state index in [-0.39, 0.29) is 5.91 Å². The molecule has 108 valence electrons. The molecule has 0 saturated carbocycles. The van der Waals surface area contributed by atoms with E-state index in [4.69, 9.17) is 0 Å². The molecule has 3 rings (SSSR count). The lowest BCUT2D eigenvalue weighted by Crippen LogP contribution is -2.23. The van der Waals surface area contributed by atoms with Gasteiger partial charge in [0.2, 0.25) is 5.91 Å². The number of rotatable bonds is 4. The molecule has 0 aromatic heterocycles. The first-order chi connectivity index (χ1) is 10.2. The zero-order valence-corrected chi connectivity index (χ0v) is 13.3. The summed E-state index contributed by atoms with van der Waals surface area (Å²) in [6.45, 7) is 1.59. The van der Waals surface area contributed by atoms with Gasteiger partial charge in [0.25, 0.3) is 0 Å². The van der Waals surface area contributed by atoms with Crippen LogP contribution in [-0.2, 0) is 11.3 Å². The van der Waals surface area contributed by atoms with E-state index in [1.807, 2.05) is 41.3 Å². The molecule has 2 aromatic rings. The van der Waals surface area contributed by atoms with Crippen molar-refractivity contribution in [3.8, 4) is 0 Å². The molecule has 2 aromatic carbocycles. The van der Waals surface area contributed by atoms with E-state index in [9.17, 15) is 4.79 Å². The molecule has 1 aliphatic rings. The van der Waals surface area contributed by atoms with Gasteiger partial charge in [0.1, 0.15) is 0 Å². The number of halogens is 1. The fraction of sp³-hybridized carbons (Fsp3) is 0.235. The monoisotopic (exact) mass is 344 g/mol. The van der Waals surface area contributed by atoms with Gasteiger partial charge in [-0.3, -0.25) is 4.79 Å². The van der Waals surface area contributed by atoms with Crippen LogP contribution < -0.4 is 10.2 Å². The normalized spacial score (nSPS) is 14.5. The Morgan fingerprint density at radius 1 is 1.14 bits per heavy atom. The first-order valence-corrected chi connectivity index (χ1v) is 7.90. The third kappa shape index (κ3) is 3.45. The second-order valence-corrected chi connectivity index (χ2v) is 6.10. The van der Waals surface area contributed by atoms with Crippen molar-refractivity contribution in [1.82, 2.24) is 0 Å². The molecular formula is C17H17BrN2O. The zero-order chi connectivity index (χ0) is 14.7. The van der Waals surface area contributed by atoms with Crippen molar-refractivity contribution in [3.63, 3.8) is 0 Å². The quantitative estimate of drug-likeness (QED) is 0.901. The molecule has 1 N–H and O–H groups in total. The molecule has 0 atom stereocenters. The van der Waals surface area contributed by atoms with Crippen LogP contribution in [0.15, 0.2) is 53.0 Å². The van der Waals surface area contributed by atoms with Crippen molar-refractivity contribution in [2.75, 3.05) is 16.8 Å². The summed E-state index contributed by atoms with van der Waals surface area (Å²) < 4.78 is 1.08. The lowest BCUT2D eigenvalue weighted by atomic mass is 10.2. The van der Waals surface area contributed by atoms with Crippen molar-refractivity contribution < 1.29 is 4.79 Å². The largest absolute Gasteiger partial charge is 0.381 e.